The van der Waals surface area contributed by atoms with Crippen molar-refractivity contribution in [3.63, 3.8) is 0 Å². The molecule has 0 spiro atoms. The molecule has 0 bridgehead atoms. The van der Waals surface area contributed by atoms with Crippen LogP contribution in [0.2, 0.25) is 5.02 Å². The van der Waals surface area contributed by atoms with Gasteiger partial charge in [-0.3, -0.25) is 9.59 Å². The maximum Gasteiger partial charge on any atom is 0.253 e. The van der Waals surface area contributed by atoms with Gasteiger partial charge in [0.05, 0.1) is 22.0 Å². The molecule has 2 aromatic carbocycles. The maximum atomic E-state index is 13.0. The van der Waals surface area contributed by atoms with E-state index < -0.39 is 15.9 Å². The van der Waals surface area contributed by atoms with Crippen LogP contribution in [-0.4, -0.2) is 75.4 Å². The van der Waals surface area contributed by atoms with E-state index in [2.05, 4.69) is 5.32 Å². The second kappa shape index (κ2) is 9.35. The van der Waals surface area contributed by atoms with Crippen molar-refractivity contribution in [2.75, 3.05) is 45.9 Å². The van der Waals surface area contributed by atoms with Crippen LogP contribution < -0.4 is 14.8 Å². The summed E-state index contributed by atoms with van der Waals surface area (Å²) in [5, 5.41) is 2.86. The van der Waals surface area contributed by atoms with E-state index in [0.29, 0.717) is 29.7 Å². The molecule has 2 aromatic rings. The number of nitrogens with zero attached hydrogens (tertiary/aromatic N) is 2. The van der Waals surface area contributed by atoms with Crippen LogP contribution >= 0.6 is 11.6 Å². The van der Waals surface area contributed by atoms with Gasteiger partial charge in [-0.15, -0.1) is 0 Å². The number of rotatable bonds is 5. The molecule has 0 saturated carbocycles. The van der Waals surface area contributed by atoms with Crippen LogP contribution in [0.3, 0.4) is 0 Å². The van der Waals surface area contributed by atoms with Crippen molar-refractivity contribution in [3.05, 3.63) is 53.1 Å². The van der Waals surface area contributed by atoms with Crippen LogP contribution in [0.4, 0.5) is 0 Å². The summed E-state index contributed by atoms with van der Waals surface area (Å²) < 4.78 is 38.3. The number of benzene rings is 2. The molecule has 2 heterocycles. The normalized spacial score (nSPS) is 16.5. The summed E-state index contributed by atoms with van der Waals surface area (Å²) in [5.41, 5.74) is 0.289. The molecule has 2 amide bonds. The first-order valence-electron chi connectivity index (χ1n) is 10.1. The van der Waals surface area contributed by atoms with Gasteiger partial charge in [0.15, 0.2) is 11.5 Å². The summed E-state index contributed by atoms with van der Waals surface area (Å²) in [6.07, 6.45) is 0. The number of sulfonamides is 1. The third kappa shape index (κ3) is 4.67. The van der Waals surface area contributed by atoms with Crippen molar-refractivity contribution in [1.82, 2.24) is 14.5 Å². The average Bonchev–Trinajstić information content (AvgIpc) is 2.82. The summed E-state index contributed by atoms with van der Waals surface area (Å²) in [4.78, 5) is 26.4. The van der Waals surface area contributed by atoms with Gasteiger partial charge in [-0.05, 0) is 24.3 Å². The number of piperazine rings is 1. The summed E-state index contributed by atoms with van der Waals surface area (Å²) in [7, 11) is -3.74. The maximum absolute atomic E-state index is 13.0. The van der Waals surface area contributed by atoms with Gasteiger partial charge in [0.25, 0.3) is 5.91 Å². The van der Waals surface area contributed by atoms with Crippen LogP contribution in [0.5, 0.6) is 11.5 Å². The molecular formula is C21H22ClN3O6S. The first-order chi connectivity index (χ1) is 15.4. The summed E-state index contributed by atoms with van der Waals surface area (Å²) in [6.45, 7) is 1.36. The van der Waals surface area contributed by atoms with E-state index in [-0.39, 0.29) is 49.1 Å². The average molecular weight is 480 g/mol. The first-order valence-corrected chi connectivity index (χ1v) is 11.9. The zero-order chi connectivity index (χ0) is 22.7. The fourth-order valence-corrected chi connectivity index (χ4v) is 5.18. The number of carbonyl (C=O) groups is 2. The third-order valence-electron chi connectivity index (χ3n) is 5.26. The largest absolute Gasteiger partial charge is 0.486 e. The van der Waals surface area contributed by atoms with Crippen molar-refractivity contribution in [2.45, 2.75) is 4.90 Å². The number of carbonyl (C=O) groups excluding carboxylic acids is 2. The molecule has 1 saturated heterocycles. The number of halogens is 1. The Labute approximate surface area is 190 Å². The molecule has 32 heavy (non-hydrogen) atoms. The molecule has 0 aromatic heterocycles. The third-order valence-corrected chi connectivity index (χ3v) is 7.49. The van der Waals surface area contributed by atoms with Gasteiger partial charge in [-0.2, -0.15) is 4.31 Å². The van der Waals surface area contributed by atoms with Gasteiger partial charge in [0, 0.05) is 32.2 Å². The molecule has 0 radical (unpaired) electrons. The van der Waals surface area contributed by atoms with E-state index in [4.69, 9.17) is 21.1 Å². The predicted molar refractivity (Wildman–Crippen MR) is 117 cm³/mol. The smallest absolute Gasteiger partial charge is 0.253 e. The molecule has 0 atom stereocenters. The summed E-state index contributed by atoms with van der Waals surface area (Å²) in [6, 6.07) is 11.1. The lowest BCUT2D eigenvalue weighted by Crippen LogP contribution is -2.52. The molecular weight excluding hydrogens is 458 g/mol. The number of hydrogen-bond acceptors (Lipinski definition) is 6. The number of nitrogens with one attached hydrogen (secondary N) is 1. The quantitative estimate of drug-likeness (QED) is 0.694. The van der Waals surface area contributed by atoms with Crippen LogP contribution in [-0.2, 0) is 14.8 Å². The first kappa shape index (κ1) is 22.4. The van der Waals surface area contributed by atoms with Gasteiger partial charge in [-0.1, -0.05) is 23.7 Å². The van der Waals surface area contributed by atoms with E-state index >= 15 is 0 Å². The number of ether oxygens (including phenoxy) is 2. The number of fused-ring (bicyclic) bond motifs is 1. The number of hydrogen-bond donors (Lipinski definition) is 1. The highest BCUT2D eigenvalue weighted by atomic mass is 35.5. The molecule has 1 N–H and O–H groups in total. The van der Waals surface area contributed by atoms with E-state index in [1.54, 1.807) is 30.3 Å². The zero-order valence-corrected chi connectivity index (χ0v) is 18.7. The van der Waals surface area contributed by atoms with Crippen molar-refractivity contribution < 1.29 is 27.5 Å². The minimum atomic E-state index is -3.74. The van der Waals surface area contributed by atoms with Crippen LogP contribution in [0.15, 0.2) is 47.4 Å². The van der Waals surface area contributed by atoms with Gasteiger partial charge >= 0.3 is 0 Å². The highest BCUT2D eigenvalue weighted by Crippen LogP contribution is 2.33. The fourth-order valence-electron chi connectivity index (χ4n) is 3.52. The topological polar surface area (TPSA) is 105 Å². The molecule has 170 valence electrons. The Morgan fingerprint density at radius 2 is 1.66 bits per heavy atom. The predicted octanol–water partition coefficient (Wildman–Crippen LogP) is 1.37. The van der Waals surface area contributed by atoms with E-state index in [0.717, 1.165) is 0 Å². The monoisotopic (exact) mass is 479 g/mol. The fraction of sp³-hybridized carbons (Fsp3) is 0.333. The lowest BCUT2D eigenvalue weighted by molar-refractivity contribution is -0.131. The Morgan fingerprint density at radius 1 is 0.969 bits per heavy atom. The molecule has 11 heteroatoms. The second-order valence-electron chi connectivity index (χ2n) is 7.25. The molecule has 2 aliphatic heterocycles. The van der Waals surface area contributed by atoms with Crippen LogP contribution in [0.25, 0.3) is 0 Å². The lowest BCUT2D eigenvalue weighted by Gasteiger charge is -2.34. The standard InChI is InChI=1S/C21H22ClN3O6S/c22-17-4-2-1-3-16(17)21(27)23-14-20(26)24-7-9-25(10-8-24)32(28,29)15-5-6-18-19(13-15)31-12-11-30-18/h1-6,13H,7-12,14H2,(H,23,27). The van der Waals surface area contributed by atoms with Crippen molar-refractivity contribution in [1.29, 1.82) is 0 Å². The Morgan fingerprint density at radius 3 is 2.38 bits per heavy atom. The Kier molecular flexibility index (Phi) is 6.54. The Bertz CT molecular complexity index is 1130. The Balaban J connectivity index is 1.33. The number of amides is 2. The Hall–Kier alpha value is -2.82. The van der Waals surface area contributed by atoms with E-state index in [1.165, 1.54) is 21.3 Å². The van der Waals surface area contributed by atoms with Gasteiger partial charge in [-0.25, -0.2) is 8.42 Å². The van der Waals surface area contributed by atoms with E-state index in [9.17, 15) is 18.0 Å². The van der Waals surface area contributed by atoms with Crippen LogP contribution in [0, 0.1) is 0 Å². The molecule has 0 unspecified atom stereocenters. The molecule has 1 fully saturated rings. The lowest BCUT2D eigenvalue weighted by atomic mass is 10.2. The highest BCUT2D eigenvalue weighted by molar-refractivity contribution is 7.89. The molecule has 2 aliphatic rings. The minimum absolute atomic E-state index is 0.119. The van der Waals surface area contributed by atoms with Crippen molar-refractivity contribution in [3.8, 4) is 11.5 Å². The molecule has 4 rings (SSSR count). The highest BCUT2D eigenvalue weighted by Gasteiger charge is 2.31. The van der Waals surface area contributed by atoms with Gasteiger partial charge in [0.2, 0.25) is 15.9 Å². The SMILES string of the molecule is O=C(NCC(=O)N1CCN(S(=O)(=O)c2ccc3c(c2)OCCO3)CC1)c1ccccc1Cl. The van der Waals surface area contributed by atoms with Gasteiger partial charge in [0.1, 0.15) is 13.2 Å². The van der Waals surface area contributed by atoms with Gasteiger partial charge < -0.3 is 19.7 Å². The zero-order valence-electron chi connectivity index (χ0n) is 17.1. The van der Waals surface area contributed by atoms with E-state index in [1.807, 2.05) is 0 Å². The summed E-state index contributed by atoms with van der Waals surface area (Å²) >= 11 is 6.00. The molecule has 9 nitrogen and oxygen atoms in total. The van der Waals surface area contributed by atoms with Crippen molar-refractivity contribution >= 4 is 33.4 Å². The second-order valence-corrected chi connectivity index (χ2v) is 9.60. The van der Waals surface area contributed by atoms with Crippen molar-refractivity contribution in [2.24, 2.45) is 0 Å². The van der Waals surface area contributed by atoms with Crippen LogP contribution in [0.1, 0.15) is 10.4 Å². The molecule has 0 aliphatic carbocycles. The minimum Gasteiger partial charge on any atom is -0.486 e. The summed E-state index contributed by atoms with van der Waals surface area (Å²) in [5.74, 6) is 0.190.